The average Bonchev–Trinajstić information content (AvgIpc) is 2.82. The van der Waals surface area contributed by atoms with Crippen molar-refractivity contribution >= 4 is 23.5 Å². The van der Waals surface area contributed by atoms with Crippen LogP contribution in [-0.4, -0.2) is 24.9 Å². The van der Waals surface area contributed by atoms with E-state index in [0.29, 0.717) is 36.4 Å². The lowest BCUT2D eigenvalue weighted by Crippen LogP contribution is -2.22. The van der Waals surface area contributed by atoms with Gasteiger partial charge in [0.25, 0.3) is 5.91 Å². The fraction of sp³-hybridized carbons (Fsp3) is 0.192. The number of hydrogen-bond acceptors (Lipinski definition) is 5. The molecule has 0 heterocycles. The summed E-state index contributed by atoms with van der Waals surface area (Å²) < 4.78 is 10.3. The molecule has 2 N–H and O–H groups in total. The number of aryl methyl sites for hydroxylation is 1. The molecule has 3 aromatic rings. The molecule has 0 unspecified atom stereocenters. The molecule has 33 heavy (non-hydrogen) atoms. The molecule has 0 radical (unpaired) electrons. The number of methoxy groups -OCH3 is 1. The van der Waals surface area contributed by atoms with E-state index in [-0.39, 0.29) is 11.8 Å². The minimum absolute atomic E-state index is 0.0883. The lowest BCUT2D eigenvalue weighted by molar-refractivity contribution is -0.131. The molecule has 170 valence electrons. The molecule has 2 amide bonds. The number of anilines is 1. The van der Waals surface area contributed by atoms with E-state index in [1.165, 1.54) is 13.0 Å². The van der Waals surface area contributed by atoms with Gasteiger partial charge in [0.15, 0.2) is 0 Å². The van der Waals surface area contributed by atoms with E-state index in [1.807, 2.05) is 36.4 Å². The zero-order chi connectivity index (χ0) is 23.6. The molecule has 0 aliphatic rings. The van der Waals surface area contributed by atoms with Crippen LogP contribution in [-0.2, 0) is 22.6 Å². The number of carbonyl (C=O) groups is 3. The van der Waals surface area contributed by atoms with Gasteiger partial charge in [-0.25, -0.2) is 0 Å². The van der Waals surface area contributed by atoms with Gasteiger partial charge in [0.05, 0.1) is 7.11 Å². The number of ether oxygens (including phenoxy) is 2. The number of rotatable bonds is 9. The normalized spacial score (nSPS) is 10.2. The molecule has 0 aromatic heterocycles. The fourth-order valence-corrected chi connectivity index (χ4v) is 3.24. The van der Waals surface area contributed by atoms with Crippen LogP contribution in [0.4, 0.5) is 5.69 Å². The summed E-state index contributed by atoms with van der Waals surface area (Å²) in [7, 11) is 1.61. The van der Waals surface area contributed by atoms with Gasteiger partial charge in [0.1, 0.15) is 11.5 Å². The number of amides is 2. The van der Waals surface area contributed by atoms with Gasteiger partial charge in [-0.05, 0) is 53.9 Å². The Balaban J connectivity index is 1.48. The van der Waals surface area contributed by atoms with E-state index >= 15 is 0 Å². The van der Waals surface area contributed by atoms with Gasteiger partial charge in [-0.2, -0.15) is 0 Å². The summed E-state index contributed by atoms with van der Waals surface area (Å²) in [4.78, 5) is 35.8. The van der Waals surface area contributed by atoms with Crippen LogP contribution >= 0.6 is 0 Å². The zero-order valence-electron chi connectivity index (χ0n) is 18.6. The summed E-state index contributed by atoms with van der Waals surface area (Å²) in [6, 6.07) is 21.3. The average molecular weight is 447 g/mol. The van der Waals surface area contributed by atoms with Crippen molar-refractivity contribution in [2.75, 3.05) is 12.4 Å². The molecule has 3 rings (SSSR count). The van der Waals surface area contributed by atoms with Crippen molar-refractivity contribution in [1.29, 1.82) is 0 Å². The van der Waals surface area contributed by atoms with Gasteiger partial charge >= 0.3 is 5.97 Å². The Morgan fingerprint density at radius 1 is 0.909 bits per heavy atom. The summed E-state index contributed by atoms with van der Waals surface area (Å²) in [5, 5.41) is 5.71. The van der Waals surface area contributed by atoms with Crippen molar-refractivity contribution in [3.63, 3.8) is 0 Å². The van der Waals surface area contributed by atoms with Crippen LogP contribution in [0.15, 0.2) is 72.8 Å². The quantitative estimate of drug-likeness (QED) is 0.381. The maximum Gasteiger partial charge on any atom is 0.308 e. The molecule has 0 saturated heterocycles. The van der Waals surface area contributed by atoms with Gasteiger partial charge < -0.3 is 20.1 Å². The van der Waals surface area contributed by atoms with E-state index in [1.54, 1.807) is 37.4 Å². The smallest absolute Gasteiger partial charge is 0.308 e. The molecule has 0 aliphatic carbocycles. The van der Waals surface area contributed by atoms with Crippen LogP contribution < -0.4 is 20.1 Å². The second-order valence-electron chi connectivity index (χ2n) is 7.36. The van der Waals surface area contributed by atoms with Gasteiger partial charge in [-0.1, -0.05) is 36.4 Å². The molecule has 0 bridgehead atoms. The molecule has 7 heteroatoms. The van der Waals surface area contributed by atoms with Gasteiger partial charge in [0.2, 0.25) is 5.91 Å². The number of hydrogen-bond donors (Lipinski definition) is 2. The highest BCUT2D eigenvalue weighted by Gasteiger charge is 2.09. The highest BCUT2D eigenvalue weighted by atomic mass is 16.5. The van der Waals surface area contributed by atoms with Crippen molar-refractivity contribution in [2.45, 2.75) is 26.3 Å². The molecular formula is C26H26N2O5. The zero-order valence-corrected chi connectivity index (χ0v) is 18.6. The minimum Gasteiger partial charge on any atom is -0.496 e. The van der Waals surface area contributed by atoms with E-state index < -0.39 is 5.97 Å². The Hall–Kier alpha value is -4.13. The van der Waals surface area contributed by atoms with E-state index in [2.05, 4.69) is 10.6 Å². The van der Waals surface area contributed by atoms with Gasteiger partial charge in [-0.15, -0.1) is 0 Å². The first-order chi connectivity index (χ1) is 15.9. The van der Waals surface area contributed by atoms with Crippen LogP contribution in [0.1, 0.15) is 34.8 Å². The topological polar surface area (TPSA) is 93.7 Å². The Kier molecular flexibility index (Phi) is 8.18. The summed E-state index contributed by atoms with van der Waals surface area (Å²) in [6.07, 6.45) is 0.920. The Bertz CT molecular complexity index is 1130. The fourth-order valence-electron chi connectivity index (χ4n) is 3.24. The molecule has 3 aromatic carbocycles. The Morgan fingerprint density at radius 3 is 2.39 bits per heavy atom. The second-order valence-corrected chi connectivity index (χ2v) is 7.36. The van der Waals surface area contributed by atoms with Crippen LogP contribution in [0.3, 0.4) is 0 Å². The maximum atomic E-state index is 12.4. The molecule has 0 aliphatic heterocycles. The molecule has 0 saturated carbocycles. The van der Waals surface area contributed by atoms with Crippen LogP contribution in [0, 0.1) is 0 Å². The van der Waals surface area contributed by atoms with Crippen molar-refractivity contribution in [2.24, 2.45) is 0 Å². The highest BCUT2D eigenvalue weighted by Crippen LogP contribution is 2.19. The maximum absolute atomic E-state index is 12.4. The third kappa shape index (κ3) is 7.21. The lowest BCUT2D eigenvalue weighted by atomic mass is 10.1. The molecular weight excluding hydrogens is 420 g/mol. The predicted octanol–water partition coefficient (Wildman–Crippen LogP) is 4.12. The van der Waals surface area contributed by atoms with Gasteiger partial charge in [-0.3, -0.25) is 14.4 Å². The first kappa shape index (κ1) is 23.5. The molecule has 7 nitrogen and oxygen atoms in total. The number of esters is 1. The highest BCUT2D eigenvalue weighted by molar-refractivity contribution is 5.94. The van der Waals surface area contributed by atoms with Crippen molar-refractivity contribution in [3.8, 4) is 11.5 Å². The largest absolute Gasteiger partial charge is 0.496 e. The lowest BCUT2D eigenvalue weighted by Gasteiger charge is -2.10. The Morgan fingerprint density at radius 2 is 1.67 bits per heavy atom. The van der Waals surface area contributed by atoms with Crippen molar-refractivity contribution < 1.29 is 23.9 Å². The van der Waals surface area contributed by atoms with Gasteiger partial charge in [0, 0.05) is 31.1 Å². The van der Waals surface area contributed by atoms with Crippen molar-refractivity contribution in [1.82, 2.24) is 5.32 Å². The van der Waals surface area contributed by atoms with E-state index in [0.717, 1.165) is 16.9 Å². The molecule has 0 spiro atoms. The minimum atomic E-state index is -0.445. The third-order valence-electron chi connectivity index (χ3n) is 4.86. The summed E-state index contributed by atoms with van der Waals surface area (Å²) in [5.74, 6) is 0.280. The summed E-state index contributed by atoms with van der Waals surface area (Å²) in [6.45, 7) is 1.62. The van der Waals surface area contributed by atoms with E-state index in [4.69, 9.17) is 9.47 Å². The summed E-state index contributed by atoms with van der Waals surface area (Å²) in [5.41, 5.74) is 2.95. The Labute approximate surface area is 192 Å². The standard InChI is InChI=1S/C26H26N2O5/c1-18(29)33-23-8-5-7-21(16-23)26(31)27-17-19-10-13-22(14-11-19)28-25(30)15-12-20-6-3-4-9-24(20)32-2/h3-11,13-14,16H,12,15,17H2,1-2H3,(H,27,31)(H,28,30). The number of para-hydroxylation sites is 1. The molecule has 0 fully saturated rings. The van der Waals surface area contributed by atoms with E-state index in [9.17, 15) is 14.4 Å². The summed E-state index contributed by atoms with van der Waals surface area (Å²) >= 11 is 0. The number of carbonyl (C=O) groups excluding carboxylic acids is 3. The number of benzene rings is 3. The van der Waals surface area contributed by atoms with Crippen LogP contribution in [0.5, 0.6) is 11.5 Å². The first-order valence-corrected chi connectivity index (χ1v) is 10.5. The number of nitrogens with one attached hydrogen (secondary N) is 2. The van der Waals surface area contributed by atoms with Crippen molar-refractivity contribution in [3.05, 3.63) is 89.5 Å². The van der Waals surface area contributed by atoms with Crippen LogP contribution in [0.2, 0.25) is 0 Å². The first-order valence-electron chi connectivity index (χ1n) is 10.5. The third-order valence-corrected chi connectivity index (χ3v) is 4.86. The SMILES string of the molecule is COc1ccccc1CCC(=O)Nc1ccc(CNC(=O)c2cccc(OC(C)=O)c2)cc1. The monoisotopic (exact) mass is 446 g/mol. The second kappa shape index (κ2) is 11.5. The van der Waals surface area contributed by atoms with Crippen LogP contribution in [0.25, 0.3) is 0 Å². The predicted molar refractivity (Wildman–Crippen MR) is 125 cm³/mol. The molecule has 0 atom stereocenters.